The zero-order valence-electron chi connectivity index (χ0n) is 7.32. The van der Waals surface area contributed by atoms with Gasteiger partial charge in [-0.15, -0.1) is 0 Å². The largest absolute Gasteiger partial charge is 0.481 e. The Morgan fingerprint density at radius 1 is 1.62 bits per heavy atom. The molecule has 0 spiro atoms. The quantitative estimate of drug-likeness (QED) is 0.499. The predicted molar refractivity (Wildman–Crippen MR) is 42.6 cm³/mol. The standard InChI is InChI=1S/C8H11NO4/c1-6(8(11)12)5-7(10)13-4-2-3-9/h6H,2,4-5H2,1H3,(H,11,12). The summed E-state index contributed by atoms with van der Waals surface area (Å²) in [4.78, 5) is 21.1. The number of rotatable bonds is 5. The molecule has 0 heterocycles. The molecule has 0 aromatic heterocycles. The lowest BCUT2D eigenvalue weighted by Crippen LogP contribution is -2.16. The maximum Gasteiger partial charge on any atom is 0.306 e. The summed E-state index contributed by atoms with van der Waals surface area (Å²) in [5.74, 6) is -2.35. The average molecular weight is 185 g/mol. The molecule has 1 N–H and O–H groups in total. The minimum absolute atomic E-state index is 0.0294. The summed E-state index contributed by atoms with van der Waals surface area (Å²) in [6.45, 7) is 1.45. The Labute approximate surface area is 75.9 Å². The van der Waals surface area contributed by atoms with Gasteiger partial charge in [0.05, 0.1) is 24.8 Å². The van der Waals surface area contributed by atoms with Gasteiger partial charge in [0.1, 0.15) is 6.61 Å². The van der Waals surface area contributed by atoms with Gasteiger partial charge < -0.3 is 9.84 Å². The maximum absolute atomic E-state index is 10.8. The van der Waals surface area contributed by atoms with Crippen molar-refractivity contribution in [3.05, 3.63) is 0 Å². The highest BCUT2D eigenvalue weighted by Crippen LogP contribution is 2.03. The zero-order valence-corrected chi connectivity index (χ0v) is 7.32. The van der Waals surface area contributed by atoms with Crippen molar-refractivity contribution in [2.24, 2.45) is 5.92 Å². The van der Waals surface area contributed by atoms with E-state index in [-0.39, 0.29) is 19.4 Å². The lowest BCUT2D eigenvalue weighted by Gasteiger charge is -2.04. The number of hydrogen-bond acceptors (Lipinski definition) is 4. The minimum atomic E-state index is -1.03. The van der Waals surface area contributed by atoms with Gasteiger partial charge in [0.25, 0.3) is 0 Å². The van der Waals surface area contributed by atoms with E-state index in [0.717, 1.165) is 0 Å². The summed E-state index contributed by atoms with van der Waals surface area (Å²) in [6.07, 6.45) is -0.0199. The molecule has 0 saturated heterocycles. The summed E-state index contributed by atoms with van der Waals surface area (Å²) >= 11 is 0. The van der Waals surface area contributed by atoms with E-state index in [2.05, 4.69) is 4.74 Å². The van der Waals surface area contributed by atoms with E-state index in [9.17, 15) is 9.59 Å². The van der Waals surface area contributed by atoms with Gasteiger partial charge in [-0.25, -0.2) is 0 Å². The highest BCUT2D eigenvalue weighted by molar-refractivity contribution is 5.78. The molecule has 0 aliphatic carbocycles. The van der Waals surface area contributed by atoms with E-state index >= 15 is 0 Å². The van der Waals surface area contributed by atoms with E-state index in [1.165, 1.54) is 6.92 Å². The number of carboxylic acid groups (broad SMARTS) is 1. The summed E-state index contributed by atoms with van der Waals surface area (Å²) in [5.41, 5.74) is 0. The van der Waals surface area contributed by atoms with Crippen LogP contribution in [0.2, 0.25) is 0 Å². The van der Waals surface area contributed by atoms with Crippen LogP contribution >= 0.6 is 0 Å². The SMILES string of the molecule is CC(CC(=O)OCCC#N)C(=O)O. The van der Waals surface area contributed by atoms with Crippen molar-refractivity contribution in [2.75, 3.05) is 6.61 Å². The molecule has 0 aromatic carbocycles. The Hall–Kier alpha value is -1.57. The molecule has 1 atom stereocenters. The number of nitriles is 1. The molecule has 72 valence electrons. The van der Waals surface area contributed by atoms with Crippen LogP contribution in [0.5, 0.6) is 0 Å². The molecular formula is C8H11NO4. The van der Waals surface area contributed by atoms with Crippen LogP contribution in [0.1, 0.15) is 19.8 Å². The number of nitrogens with zero attached hydrogens (tertiary/aromatic N) is 1. The molecular weight excluding hydrogens is 174 g/mol. The Morgan fingerprint density at radius 3 is 2.69 bits per heavy atom. The first kappa shape index (κ1) is 11.4. The van der Waals surface area contributed by atoms with Crippen molar-refractivity contribution in [3.63, 3.8) is 0 Å². The van der Waals surface area contributed by atoms with Gasteiger partial charge in [-0.05, 0) is 0 Å². The Kier molecular flexibility index (Phi) is 5.28. The van der Waals surface area contributed by atoms with Crippen molar-refractivity contribution in [1.82, 2.24) is 0 Å². The van der Waals surface area contributed by atoms with Gasteiger partial charge >= 0.3 is 11.9 Å². The number of ether oxygens (including phenoxy) is 1. The molecule has 0 radical (unpaired) electrons. The van der Waals surface area contributed by atoms with Gasteiger partial charge in [0, 0.05) is 0 Å². The van der Waals surface area contributed by atoms with E-state index in [1.807, 2.05) is 0 Å². The van der Waals surface area contributed by atoms with E-state index < -0.39 is 17.9 Å². The third-order valence-corrected chi connectivity index (χ3v) is 1.37. The van der Waals surface area contributed by atoms with Crippen LogP contribution in [0.15, 0.2) is 0 Å². The van der Waals surface area contributed by atoms with Crippen LogP contribution < -0.4 is 0 Å². The van der Waals surface area contributed by atoms with Crippen molar-refractivity contribution >= 4 is 11.9 Å². The highest BCUT2D eigenvalue weighted by Gasteiger charge is 2.16. The second-order valence-corrected chi connectivity index (χ2v) is 2.57. The Balaban J connectivity index is 3.63. The summed E-state index contributed by atoms with van der Waals surface area (Å²) in [6, 6.07) is 1.81. The Bertz CT molecular complexity index is 231. The number of esters is 1. The molecule has 5 nitrogen and oxygen atoms in total. The van der Waals surface area contributed by atoms with Gasteiger partial charge in [-0.1, -0.05) is 6.92 Å². The van der Waals surface area contributed by atoms with Crippen LogP contribution in [0.4, 0.5) is 0 Å². The summed E-state index contributed by atoms with van der Waals surface area (Å²) in [7, 11) is 0. The van der Waals surface area contributed by atoms with Crippen molar-refractivity contribution in [2.45, 2.75) is 19.8 Å². The topological polar surface area (TPSA) is 87.4 Å². The van der Waals surface area contributed by atoms with Gasteiger partial charge in [0.2, 0.25) is 0 Å². The lowest BCUT2D eigenvalue weighted by molar-refractivity contribution is -0.150. The molecule has 0 aromatic rings. The molecule has 0 saturated carbocycles. The number of carbonyl (C=O) groups excluding carboxylic acids is 1. The Morgan fingerprint density at radius 2 is 2.23 bits per heavy atom. The summed E-state index contributed by atoms with van der Waals surface area (Å²) in [5, 5.41) is 16.6. The monoisotopic (exact) mass is 185 g/mol. The first-order valence-corrected chi connectivity index (χ1v) is 3.83. The fraction of sp³-hybridized carbons (Fsp3) is 0.625. The molecule has 0 aliphatic rings. The molecule has 5 heteroatoms. The smallest absolute Gasteiger partial charge is 0.306 e. The average Bonchev–Trinajstić information content (AvgIpc) is 2.04. The summed E-state index contributed by atoms with van der Waals surface area (Å²) < 4.78 is 4.58. The van der Waals surface area contributed by atoms with Crippen LogP contribution in [-0.2, 0) is 14.3 Å². The maximum atomic E-state index is 10.8. The highest BCUT2D eigenvalue weighted by atomic mass is 16.5. The second kappa shape index (κ2) is 6.00. The number of aliphatic carboxylic acids is 1. The molecule has 0 bridgehead atoms. The van der Waals surface area contributed by atoms with E-state index in [1.54, 1.807) is 6.07 Å². The van der Waals surface area contributed by atoms with Crippen molar-refractivity contribution < 1.29 is 19.4 Å². The van der Waals surface area contributed by atoms with Crippen LogP contribution in [-0.4, -0.2) is 23.7 Å². The first-order chi connectivity index (χ1) is 6.07. The fourth-order valence-corrected chi connectivity index (χ4v) is 0.607. The zero-order chi connectivity index (χ0) is 10.3. The van der Waals surface area contributed by atoms with Gasteiger partial charge in [0.15, 0.2) is 0 Å². The molecule has 13 heavy (non-hydrogen) atoms. The van der Waals surface area contributed by atoms with Crippen molar-refractivity contribution in [1.29, 1.82) is 5.26 Å². The van der Waals surface area contributed by atoms with Crippen LogP contribution in [0.25, 0.3) is 0 Å². The minimum Gasteiger partial charge on any atom is -0.481 e. The molecule has 0 amide bonds. The van der Waals surface area contributed by atoms with E-state index in [0.29, 0.717) is 0 Å². The number of carboxylic acids is 1. The molecule has 0 fully saturated rings. The molecule has 0 rings (SSSR count). The van der Waals surface area contributed by atoms with Crippen LogP contribution in [0, 0.1) is 17.2 Å². The lowest BCUT2D eigenvalue weighted by atomic mass is 10.1. The predicted octanol–water partition coefficient (Wildman–Crippen LogP) is 0.554. The van der Waals surface area contributed by atoms with E-state index in [4.69, 9.17) is 10.4 Å². The van der Waals surface area contributed by atoms with Crippen molar-refractivity contribution in [3.8, 4) is 6.07 Å². The fourth-order valence-electron chi connectivity index (χ4n) is 0.607. The van der Waals surface area contributed by atoms with Gasteiger partial charge in [-0.2, -0.15) is 5.26 Å². The third-order valence-electron chi connectivity index (χ3n) is 1.37. The van der Waals surface area contributed by atoms with Gasteiger partial charge in [-0.3, -0.25) is 9.59 Å². The normalized spacial score (nSPS) is 11.4. The third kappa shape index (κ3) is 5.67. The second-order valence-electron chi connectivity index (χ2n) is 2.57. The number of carbonyl (C=O) groups is 2. The van der Waals surface area contributed by atoms with Crippen LogP contribution in [0.3, 0.4) is 0 Å². The first-order valence-electron chi connectivity index (χ1n) is 3.83. The molecule has 0 aliphatic heterocycles. The molecule has 1 unspecified atom stereocenters. The number of hydrogen-bond donors (Lipinski definition) is 1.